The van der Waals surface area contributed by atoms with Crippen molar-refractivity contribution >= 4 is 0 Å². The minimum absolute atomic E-state index is 0.638. The molecule has 0 aliphatic carbocycles. The molecule has 28 heavy (non-hydrogen) atoms. The van der Waals surface area contributed by atoms with Crippen LogP contribution < -0.4 is 0 Å². The van der Waals surface area contributed by atoms with E-state index in [9.17, 15) is 0 Å². The average molecular weight is 393 g/mol. The Balaban J connectivity index is 2.02. The minimum Gasteiger partial charge on any atom is -0.356 e. The molecular weight excluding hydrogens is 340 g/mol. The lowest BCUT2D eigenvalue weighted by Crippen LogP contribution is -2.38. The molecule has 0 aromatic rings. The van der Waals surface area contributed by atoms with E-state index in [4.69, 9.17) is 0 Å². The quantitative estimate of drug-likeness (QED) is 0.192. The summed E-state index contributed by atoms with van der Waals surface area (Å²) in [6.07, 6.45) is 30.9. The predicted molar refractivity (Wildman–Crippen MR) is 126 cm³/mol. The first-order valence-electron chi connectivity index (χ1n) is 13.0. The van der Waals surface area contributed by atoms with Crippen LogP contribution in [0, 0.1) is 0 Å². The third-order valence-corrected chi connectivity index (χ3v) is 6.42. The van der Waals surface area contributed by atoms with Gasteiger partial charge in [-0.2, -0.15) is 0 Å². The van der Waals surface area contributed by atoms with Crippen molar-refractivity contribution in [3.05, 3.63) is 12.4 Å². The predicted octanol–water partition coefficient (Wildman–Crippen LogP) is 8.48. The Kier molecular flexibility index (Phi) is 16.7. The Morgan fingerprint density at radius 2 is 0.929 bits per heavy atom. The van der Waals surface area contributed by atoms with Crippen molar-refractivity contribution in [1.29, 1.82) is 0 Å². The van der Waals surface area contributed by atoms with E-state index in [1.807, 2.05) is 0 Å². The van der Waals surface area contributed by atoms with Gasteiger partial charge in [0.05, 0.1) is 0 Å². The molecular formula is C26H52N2. The number of hydrogen-bond acceptors (Lipinski definition) is 2. The molecule has 1 unspecified atom stereocenters. The van der Waals surface area contributed by atoms with E-state index in [2.05, 4.69) is 43.0 Å². The van der Waals surface area contributed by atoms with Crippen molar-refractivity contribution in [2.24, 2.45) is 0 Å². The van der Waals surface area contributed by atoms with E-state index < -0.39 is 0 Å². The highest BCUT2D eigenvalue weighted by atomic mass is 15.4. The number of rotatable bonds is 20. The maximum atomic E-state index is 2.62. The van der Waals surface area contributed by atoms with Crippen molar-refractivity contribution in [1.82, 2.24) is 9.80 Å². The van der Waals surface area contributed by atoms with Gasteiger partial charge in [-0.25, -0.2) is 0 Å². The van der Waals surface area contributed by atoms with Gasteiger partial charge in [-0.05, 0) is 26.2 Å². The van der Waals surface area contributed by atoms with Crippen LogP contribution in [0.3, 0.4) is 0 Å². The third kappa shape index (κ3) is 12.0. The first-order valence-corrected chi connectivity index (χ1v) is 13.0. The molecule has 0 saturated heterocycles. The van der Waals surface area contributed by atoms with Gasteiger partial charge in [0.25, 0.3) is 0 Å². The molecule has 0 spiro atoms. The highest BCUT2D eigenvalue weighted by Gasteiger charge is 2.23. The molecule has 1 aliphatic heterocycles. The highest BCUT2D eigenvalue weighted by Crippen LogP contribution is 2.22. The van der Waals surface area contributed by atoms with E-state index in [1.165, 1.54) is 122 Å². The number of unbranched alkanes of at least 4 members (excludes halogenated alkanes) is 15. The number of nitrogens with zero attached hydrogens (tertiary/aromatic N) is 2. The minimum atomic E-state index is 0.638. The van der Waals surface area contributed by atoms with Crippen LogP contribution in [0.5, 0.6) is 0 Å². The molecule has 0 amide bonds. The Morgan fingerprint density at radius 1 is 0.500 bits per heavy atom. The summed E-state index contributed by atoms with van der Waals surface area (Å²) in [5.41, 5.74) is 0. The van der Waals surface area contributed by atoms with Crippen molar-refractivity contribution < 1.29 is 0 Å². The summed E-state index contributed by atoms with van der Waals surface area (Å²) in [4.78, 5) is 5.17. The molecule has 1 aliphatic rings. The maximum absolute atomic E-state index is 2.62. The van der Waals surface area contributed by atoms with E-state index in [0.29, 0.717) is 6.17 Å². The van der Waals surface area contributed by atoms with Gasteiger partial charge < -0.3 is 9.80 Å². The summed E-state index contributed by atoms with van der Waals surface area (Å²) in [6, 6.07) is 0. The fourth-order valence-corrected chi connectivity index (χ4v) is 4.50. The summed E-state index contributed by atoms with van der Waals surface area (Å²) in [6.45, 7) is 9.29. The zero-order chi connectivity index (χ0) is 20.3. The number of hydrogen-bond donors (Lipinski definition) is 0. The lowest BCUT2D eigenvalue weighted by atomic mass is 10.0. The Labute approximate surface area is 178 Å². The van der Waals surface area contributed by atoms with Crippen molar-refractivity contribution in [3.63, 3.8) is 0 Å². The van der Waals surface area contributed by atoms with E-state index in [1.54, 1.807) is 0 Å². The molecule has 0 aromatic carbocycles. The van der Waals surface area contributed by atoms with Gasteiger partial charge in [-0.3, -0.25) is 0 Å². The fraction of sp³-hybridized carbons (Fsp3) is 0.923. The summed E-state index contributed by atoms with van der Waals surface area (Å²) in [7, 11) is 0. The average Bonchev–Trinajstić information content (AvgIpc) is 3.10. The molecule has 0 bridgehead atoms. The standard InChI is InChI=1S/C26H52N2/c1-4-7-9-11-12-13-14-15-16-17-18-20-22-26-27(6-3)24-25-28(26)23-21-19-10-8-5-2/h24-26H,4-23H2,1-3H3. The first-order chi connectivity index (χ1) is 13.8. The summed E-state index contributed by atoms with van der Waals surface area (Å²) in [5.74, 6) is 0. The van der Waals surface area contributed by atoms with Crippen LogP contribution in [-0.4, -0.2) is 29.1 Å². The van der Waals surface area contributed by atoms with Crippen LogP contribution >= 0.6 is 0 Å². The van der Waals surface area contributed by atoms with Gasteiger partial charge in [0.15, 0.2) is 0 Å². The first kappa shape index (κ1) is 25.4. The van der Waals surface area contributed by atoms with Gasteiger partial charge in [0.2, 0.25) is 0 Å². The second-order valence-electron chi connectivity index (χ2n) is 8.94. The van der Waals surface area contributed by atoms with Crippen LogP contribution in [0.2, 0.25) is 0 Å². The molecule has 0 N–H and O–H groups in total. The second kappa shape index (κ2) is 18.4. The molecule has 0 saturated carbocycles. The van der Waals surface area contributed by atoms with Crippen LogP contribution in [-0.2, 0) is 0 Å². The molecule has 166 valence electrons. The Bertz CT molecular complexity index is 352. The third-order valence-electron chi connectivity index (χ3n) is 6.42. The molecule has 2 nitrogen and oxygen atoms in total. The lowest BCUT2D eigenvalue weighted by molar-refractivity contribution is 0.142. The van der Waals surface area contributed by atoms with E-state index in [-0.39, 0.29) is 0 Å². The molecule has 1 heterocycles. The highest BCUT2D eigenvalue weighted by molar-refractivity contribution is 4.96. The molecule has 0 radical (unpaired) electrons. The van der Waals surface area contributed by atoms with Crippen LogP contribution in [0.25, 0.3) is 0 Å². The molecule has 1 atom stereocenters. The van der Waals surface area contributed by atoms with Crippen LogP contribution in [0.1, 0.15) is 136 Å². The largest absolute Gasteiger partial charge is 0.356 e. The zero-order valence-corrected chi connectivity index (χ0v) is 19.8. The lowest BCUT2D eigenvalue weighted by Gasteiger charge is -2.32. The SMILES string of the molecule is CCCCCCCCCCCCCCC1N(CC)C=CN1CCCCCCC. The van der Waals surface area contributed by atoms with Crippen LogP contribution in [0.4, 0.5) is 0 Å². The smallest absolute Gasteiger partial charge is 0.101 e. The summed E-state index contributed by atoms with van der Waals surface area (Å²) in [5, 5.41) is 0. The van der Waals surface area contributed by atoms with Crippen LogP contribution in [0.15, 0.2) is 12.4 Å². The normalized spacial score (nSPS) is 16.5. The monoisotopic (exact) mass is 392 g/mol. The summed E-state index contributed by atoms with van der Waals surface area (Å²) < 4.78 is 0. The topological polar surface area (TPSA) is 6.48 Å². The van der Waals surface area contributed by atoms with Gasteiger partial charge in [-0.15, -0.1) is 0 Å². The van der Waals surface area contributed by atoms with Gasteiger partial charge in [-0.1, -0.05) is 110 Å². The Hall–Kier alpha value is -0.660. The van der Waals surface area contributed by atoms with E-state index in [0.717, 1.165) is 6.54 Å². The van der Waals surface area contributed by atoms with Crippen molar-refractivity contribution in [3.8, 4) is 0 Å². The maximum Gasteiger partial charge on any atom is 0.101 e. The molecule has 0 fully saturated rings. The molecule has 2 heteroatoms. The van der Waals surface area contributed by atoms with E-state index >= 15 is 0 Å². The van der Waals surface area contributed by atoms with Gasteiger partial charge >= 0.3 is 0 Å². The second-order valence-corrected chi connectivity index (χ2v) is 8.94. The summed E-state index contributed by atoms with van der Waals surface area (Å²) >= 11 is 0. The fourth-order valence-electron chi connectivity index (χ4n) is 4.50. The van der Waals surface area contributed by atoms with Gasteiger partial charge in [0.1, 0.15) is 6.17 Å². The zero-order valence-electron chi connectivity index (χ0n) is 19.8. The molecule has 0 aromatic heterocycles. The van der Waals surface area contributed by atoms with Crippen molar-refractivity contribution in [2.75, 3.05) is 13.1 Å². The Morgan fingerprint density at radius 3 is 1.43 bits per heavy atom. The molecule has 1 rings (SSSR count). The van der Waals surface area contributed by atoms with Gasteiger partial charge in [0, 0.05) is 25.5 Å². The van der Waals surface area contributed by atoms with Crippen molar-refractivity contribution in [2.45, 2.75) is 143 Å².